The Morgan fingerprint density at radius 2 is 2.00 bits per heavy atom. The Labute approximate surface area is 124 Å². The lowest BCUT2D eigenvalue weighted by Crippen LogP contribution is -2.45. The molecule has 21 heavy (non-hydrogen) atoms. The maximum Gasteiger partial charge on any atom is 0.326 e. The van der Waals surface area contributed by atoms with Gasteiger partial charge >= 0.3 is 11.9 Å². The van der Waals surface area contributed by atoms with Gasteiger partial charge in [-0.15, -0.1) is 0 Å². The van der Waals surface area contributed by atoms with Crippen molar-refractivity contribution in [1.29, 1.82) is 0 Å². The molecule has 0 aromatic rings. The molecule has 1 amide bonds. The Morgan fingerprint density at radius 1 is 1.38 bits per heavy atom. The third-order valence-corrected chi connectivity index (χ3v) is 2.97. The van der Waals surface area contributed by atoms with Gasteiger partial charge < -0.3 is 19.9 Å². The first kappa shape index (κ1) is 17.4. The molecular formula is C14H23NO6. The molecule has 120 valence electrons. The molecule has 0 bridgehead atoms. The van der Waals surface area contributed by atoms with E-state index in [1.165, 1.54) is 0 Å². The van der Waals surface area contributed by atoms with E-state index in [-0.39, 0.29) is 18.6 Å². The first-order valence-electron chi connectivity index (χ1n) is 6.95. The molecule has 1 aliphatic heterocycles. The Morgan fingerprint density at radius 3 is 2.43 bits per heavy atom. The number of ether oxygens (including phenoxy) is 2. The maximum atomic E-state index is 12.0. The topological polar surface area (TPSA) is 102 Å². The van der Waals surface area contributed by atoms with Gasteiger partial charge in [0.2, 0.25) is 5.91 Å². The van der Waals surface area contributed by atoms with Crippen LogP contribution in [0.25, 0.3) is 0 Å². The summed E-state index contributed by atoms with van der Waals surface area (Å²) in [5.74, 6) is -2.71. The van der Waals surface area contributed by atoms with Crippen molar-refractivity contribution in [3.8, 4) is 0 Å². The van der Waals surface area contributed by atoms with Crippen molar-refractivity contribution in [1.82, 2.24) is 5.32 Å². The molecule has 0 radical (unpaired) electrons. The van der Waals surface area contributed by atoms with Gasteiger partial charge in [-0.25, -0.2) is 4.79 Å². The van der Waals surface area contributed by atoms with E-state index in [2.05, 4.69) is 5.32 Å². The molecule has 2 unspecified atom stereocenters. The number of rotatable bonds is 5. The van der Waals surface area contributed by atoms with Crippen molar-refractivity contribution >= 4 is 17.8 Å². The van der Waals surface area contributed by atoms with Gasteiger partial charge in [-0.2, -0.15) is 0 Å². The standard InChI is InChI=1S/C14H23NO6/c1-8-5-9(7-20-8)12(17)15-10(13(18)19)6-11(16)21-14(2,3)4/h8-10H,5-7H2,1-4H3,(H,15,17)(H,18,19)/t8?,9?,10-/m0/s1. The number of carbonyl (C=O) groups is 3. The van der Waals surface area contributed by atoms with Crippen LogP contribution in [0.5, 0.6) is 0 Å². The molecule has 0 aromatic heterocycles. The van der Waals surface area contributed by atoms with Crippen molar-refractivity contribution in [2.24, 2.45) is 5.92 Å². The number of carbonyl (C=O) groups excluding carboxylic acids is 2. The highest BCUT2D eigenvalue weighted by atomic mass is 16.6. The Hall–Kier alpha value is -1.63. The number of aliphatic carboxylic acids is 1. The summed E-state index contributed by atoms with van der Waals surface area (Å²) in [5, 5.41) is 11.5. The van der Waals surface area contributed by atoms with Crippen LogP contribution >= 0.6 is 0 Å². The molecule has 1 rings (SSSR count). The number of esters is 1. The van der Waals surface area contributed by atoms with E-state index in [9.17, 15) is 14.4 Å². The number of carboxylic acids is 1. The first-order valence-corrected chi connectivity index (χ1v) is 6.95. The molecule has 2 N–H and O–H groups in total. The molecule has 7 heteroatoms. The van der Waals surface area contributed by atoms with Gasteiger partial charge in [0.05, 0.1) is 25.0 Å². The quantitative estimate of drug-likeness (QED) is 0.725. The van der Waals surface area contributed by atoms with Crippen LogP contribution in [0.15, 0.2) is 0 Å². The number of nitrogens with one attached hydrogen (secondary N) is 1. The van der Waals surface area contributed by atoms with E-state index in [0.717, 1.165) is 0 Å². The van der Waals surface area contributed by atoms with Crippen molar-refractivity contribution in [3.63, 3.8) is 0 Å². The van der Waals surface area contributed by atoms with Crippen LogP contribution in [0, 0.1) is 5.92 Å². The highest BCUT2D eigenvalue weighted by Gasteiger charge is 2.32. The zero-order chi connectivity index (χ0) is 16.2. The lowest BCUT2D eigenvalue weighted by molar-refractivity contribution is -0.158. The number of hydrogen-bond donors (Lipinski definition) is 2. The average molecular weight is 301 g/mol. The minimum atomic E-state index is -1.29. The van der Waals surface area contributed by atoms with Gasteiger partial charge in [0.15, 0.2) is 0 Å². The lowest BCUT2D eigenvalue weighted by atomic mass is 10.0. The van der Waals surface area contributed by atoms with Crippen LogP contribution < -0.4 is 5.32 Å². The number of amides is 1. The molecular weight excluding hydrogens is 278 g/mol. The molecule has 1 fully saturated rings. The van der Waals surface area contributed by atoms with E-state index in [1.807, 2.05) is 6.92 Å². The van der Waals surface area contributed by atoms with Crippen LogP contribution in [-0.2, 0) is 23.9 Å². The van der Waals surface area contributed by atoms with Crippen molar-refractivity contribution in [2.45, 2.75) is 58.3 Å². The van der Waals surface area contributed by atoms with E-state index in [0.29, 0.717) is 6.42 Å². The predicted molar refractivity (Wildman–Crippen MR) is 73.5 cm³/mol. The fraction of sp³-hybridized carbons (Fsp3) is 0.786. The fourth-order valence-corrected chi connectivity index (χ4v) is 2.04. The third kappa shape index (κ3) is 6.12. The molecule has 0 aromatic carbocycles. The van der Waals surface area contributed by atoms with Crippen LogP contribution in [0.2, 0.25) is 0 Å². The lowest BCUT2D eigenvalue weighted by Gasteiger charge is -2.21. The summed E-state index contributed by atoms with van der Waals surface area (Å²) in [6, 6.07) is -1.29. The van der Waals surface area contributed by atoms with Crippen LogP contribution in [0.4, 0.5) is 0 Å². The Balaban J connectivity index is 2.56. The molecule has 0 aliphatic carbocycles. The predicted octanol–water partition coefficient (Wildman–Crippen LogP) is 0.713. The number of carboxylic acid groups (broad SMARTS) is 1. The zero-order valence-electron chi connectivity index (χ0n) is 12.8. The third-order valence-electron chi connectivity index (χ3n) is 2.97. The zero-order valence-corrected chi connectivity index (χ0v) is 12.8. The summed E-state index contributed by atoms with van der Waals surface area (Å²) in [4.78, 5) is 34.8. The van der Waals surface area contributed by atoms with Gasteiger partial charge in [0.1, 0.15) is 11.6 Å². The monoisotopic (exact) mass is 301 g/mol. The van der Waals surface area contributed by atoms with Crippen LogP contribution in [-0.4, -0.2) is 47.3 Å². The van der Waals surface area contributed by atoms with Crippen LogP contribution in [0.1, 0.15) is 40.5 Å². The molecule has 3 atom stereocenters. The van der Waals surface area contributed by atoms with Gasteiger partial charge in [0, 0.05) is 0 Å². The largest absolute Gasteiger partial charge is 0.480 e. The highest BCUT2D eigenvalue weighted by molar-refractivity contribution is 5.88. The van der Waals surface area contributed by atoms with Gasteiger partial charge in [-0.05, 0) is 34.1 Å². The second-order valence-corrected chi connectivity index (χ2v) is 6.27. The smallest absolute Gasteiger partial charge is 0.326 e. The van der Waals surface area contributed by atoms with E-state index >= 15 is 0 Å². The molecule has 7 nitrogen and oxygen atoms in total. The summed E-state index contributed by atoms with van der Waals surface area (Å²) in [7, 11) is 0. The summed E-state index contributed by atoms with van der Waals surface area (Å²) >= 11 is 0. The summed E-state index contributed by atoms with van der Waals surface area (Å²) < 4.78 is 10.3. The van der Waals surface area contributed by atoms with Crippen molar-refractivity contribution in [2.75, 3.05) is 6.61 Å². The first-order chi connectivity index (χ1) is 9.58. The second-order valence-electron chi connectivity index (χ2n) is 6.27. The Kier molecular flexibility index (Phi) is 5.71. The molecule has 1 heterocycles. The SMILES string of the molecule is CC1CC(C(=O)N[C@@H](CC(=O)OC(C)(C)C)C(=O)O)CO1. The van der Waals surface area contributed by atoms with Gasteiger partial charge in [-0.1, -0.05) is 0 Å². The van der Waals surface area contributed by atoms with Crippen molar-refractivity contribution < 1.29 is 29.0 Å². The maximum absolute atomic E-state index is 12.0. The summed E-state index contributed by atoms with van der Waals surface area (Å²) in [6.07, 6.45) is 0.126. The van der Waals surface area contributed by atoms with E-state index < -0.39 is 35.9 Å². The van der Waals surface area contributed by atoms with Gasteiger partial charge in [0.25, 0.3) is 0 Å². The van der Waals surface area contributed by atoms with Crippen molar-refractivity contribution in [3.05, 3.63) is 0 Å². The average Bonchev–Trinajstić information content (AvgIpc) is 2.72. The minimum absolute atomic E-state index is 0.0186. The molecule has 1 aliphatic rings. The number of hydrogen-bond acceptors (Lipinski definition) is 5. The van der Waals surface area contributed by atoms with Crippen LogP contribution in [0.3, 0.4) is 0 Å². The summed E-state index contributed by atoms with van der Waals surface area (Å²) in [5.41, 5.74) is -0.696. The summed E-state index contributed by atoms with van der Waals surface area (Å²) in [6.45, 7) is 7.19. The minimum Gasteiger partial charge on any atom is -0.480 e. The molecule has 0 spiro atoms. The highest BCUT2D eigenvalue weighted by Crippen LogP contribution is 2.19. The Bertz CT molecular complexity index is 414. The van der Waals surface area contributed by atoms with Gasteiger partial charge in [-0.3, -0.25) is 9.59 Å². The molecule has 1 saturated heterocycles. The van der Waals surface area contributed by atoms with E-state index in [1.54, 1.807) is 20.8 Å². The normalized spacial score (nSPS) is 23.4. The fourth-order valence-electron chi connectivity index (χ4n) is 2.04. The molecule has 0 saturated carbocycles. The second kappa shape index (κ2) is 6.89. The van der Waals surface area contributed by atoms with E-state index in [4.69, 9.17) is 14.6 Å².